The number of rotatable bonds is 3. The topological polar surface area (TPSA) is 57.6 Å². The molecule has 1 atom stereocenters. The Bertz CT molecular complexity index is 613. The molecule has 1 aliphatic rings. The molecule has 20 heavy (non-hydrogen) atoms. The van der Waals surface area contributed by atoms with E-state index >= 15 is 0 Å². The van der Waals surface area contributed by atoms with Gasteiger partial charge in [0.1, 0.15) is 10.7 Å². The summed E-state index contributed by atoms with van der Waals surface area (Å²) >= 11 is 5.64. The van der Waals surface area contributed by atoms with Gasteiger partial charge >= 0.3 is 0 Å². The van der Waals surface area contributed by atoms with Gasteiger partial charge in [-0.1, -0.05) is 11.6 Å². The van der Waals surface area contributed by atoms with Crippen LogP contribution in [0.4, 0.5) is 4.39 Å². The number of nitrogens with zero attached hydrogens (tertiary/aromatic N) is 1. The van der Waals surface area contributed by atoms with E-state index in [4.69, 9.17) is 11.6 Å². The van der Waals surface area contributed by atoms with E-state index in [9.17, 15) is 17.9 Å². The van der Waals surface area contributed by atoms with Gasteiger partial charge in [-0.2, -0.15) is 4.31 Å². The van der Waals surface area contributed by atoms with Crippen LogP contribution in [0.25, 0.3) is 0 Å². The van der Waals surface area contributed by atoms with Crippen LogP contribution in [0.5, 0.6) is 0 Å². The van der Waals surface area contributed by atoms with Crippen LogP contribution in [0.15, 0.2) is 23.1 Å². The molecular formula is C13H17ClFNO3S. The number of benzene rings is 1. The molecule has 2 rings (SSSR count). The second-order valence-corrected chi connectivity index (χ2v) is 7.80. The Labute approximate surface area is 123 Å². The van der Waals surface area contributed by atoms with Crippen LogP contribution in [0.2, 0.25) is 5.02 Å². The number of hydrogen-bond donors (Lipinski definition) is 1. The van der Waals surface area contributed by atoms with E-state index in [0.29, 0.717) is 12.8 Å². The molecule has 0 bridgehead atoms. The highest BCUT2D eigenvalue weighted by Crippen LogP contribution is 2.33. The second-order valence-electron chi connectivity index (χ2n) is 5.50. The predicted octanol–water partition coefficient (Wildman–Crippen LogP) is 2.40. The molecule has 1 fully saturated rings. The van der Waals surface area contributed by atoms with Crippen molar-refractivity contribution in [2.24, 2.45) is 0 Å². The van der Waals surface area contributed by atoms with E-state index in [1.165, 1.54) is 10.4 Å². The summed E-state index contributed by atoms with van der Waals surface area (Å²) in [5.41, 5.74) is -1.17. The smallest absolute Gasteiger partial charge is 0.246 e. The summed E-state index contributed by atoms with van der Waals surface area (Å²) in [6.07, 6.45) is 1.20. The molecule has 0 spiro atoms. The van der Waals surface area contributed by atoms with Gasteiger partial charge in [-0.05, 0) is 44.9 Å². The zero-order chi connectivity index (χ0) is 15.1. The summed E-state index contributed by atoms with van der Waals surface area (Å²) < 4.78 is 40.2. The summed E-state index contributed by atoms with van der Waals surface area (Å²) in [6.45, 7) is 3.40. The van der Waals surface area contributed by atoms with Gasteiger partial charge in [-0.15, -0.1) is 0 Å². The highest BCUT2D eigenvalue weighted by molar-refractivity contribution is 7.89. The molecule has 7 heteroatoms. The average Bonchev–Trinajstić information content (AvgIpc) is 2.77. The maximum atomic E-state index is 13.9. The molecule has 0 aromatic heterocycles. The average molecular weight is 322 g/mol. The van der Waals surface area contributed by atoms with Crippen molar-refractivity contribution in [3.8, 4) is 0 Å². The molecule has 1 unspecified atom stereocenters. The third-order valence-corrected chi connectivity index (χ3v) is 5.68. The van der Waals surface area contributed by atoms with E-state index < -0.39 is 32.4 Å². The fourth-order valence-corrected chi connectivity index (χ4v) is 4.57. The van der Waals surface area contributed by atoms with Crippen molar-refractivity contribution in [2.45, 2.75) is 43.2 Å². The first kappa shape index (κ1) is 15.7. The summed E-state index contributed by atoms with van der Waals surface area (Å²) in [6, 6.07) is 2.92. The lowest BCUT2D eigenvalue weighted by Crippen LogP contribution is -2.48. The van der Waals surface area contributed by atoms with Gasteiger partial charge < -0.3 is 5.11 Å². The molecule has 0 amide bonds. The van der Waals surface area contributed by atoms with Gasteiger partial charge in [0.05, 0.1) is 11.6 Å². The van der Waals surface area contributed by atoms with Crippen molar-refractivity contribution in [3.05, 3.63) is 29.0 Å². The Morgan fingerprint density at radius 2 is 2.10 bits per heavy atom. The fourth-order valence-electron chi connectivity index (χ4n) is 2.54. The Morgan fingerprint density at radius 1 is 1.45 bits per heavy atom. The molecule has 0 aliphatic carbocycles. The van der Waals surface area contributed by atoms with Crippen molar-refractivity contribution in [2.75, 3.05) is 6.54 Å². The maximum Gasteiger partial charge on any atom is 0.246 e. The highest BCUT2D eigenvalue weighted by atomic mass is 35.5. The Kier molecular flexibility index (Phi) is 4.12. The fraction of sp³-hybridized carbons (Fsp3) is 0.538. The molecular weight excluding hydrogens is 305 g/mol. The summed E-state index contributed by atoms with van der Waals surface area (Å²) in [5, 5.41) is 10.2. The molecule has 1 heterocycles. The molecule has 1 aliphatic heterocycles. The first-order valence-corrected chi connectivity index (χ1v) is 8.15. The summed E-state index contributed by atoms with van der Waals surface area (Å²) in [7, 11) is -3.98. The minimum atomic E-state index is -3.98. The third kappa shape index (κ3) is 2.83. The standard InChI is InChI=1S/C13H17ClFNO3S/c1-13(2,17)12-4-3-7-16(12)20(18,19)11-6-5-9(14)8-10(11)15/h5-6,8,12,17H,3-4,7H2,1-2H3. The van der Waals surface area contributed by atoms with Crippen molar-refractivity contribution in [1.29, 1.82) is 0 Å². The first-order valence-electron chi connectivity index (χ1n) is 6.33. The van der Waals surface area contributed by atoms with Crippen molar-refractivity contribution < 1.29 is 17.9 Å². The Balaban J connectivity index is 2.44. The van der Waals surface area contributed by atoms with Crippen molar-refractivity contribution >= 4 is 21.6 Å². The minimum absolute atomic E-state index is 0.141. The van der Waals surface area contributed by atoms with Gasteiger partial charge in [0.2, 0.25) is 10.0 Å². The van der Waals surface area contributed by atoms with E-state index in [2.05, 4.69) is 0 Å². The Hall–Kier alpha value is -0.690. The van der Waals surface area contributed by atoms with Crippen LogP contribution >= 0.6 is 11.6 Å². The molecule has 0 saturated carbocycles. The first-order chi connectivity index (χ1) is 9.14. The molecule has 1 aromatic carbocycles. The normalized spacial score (nSPS) is 21.4. The second kappa shape index (κ2) is 5.26. The van der Waals surface area contributed by atoms with Crippen LogP contribution in [-0.2, 0) is 10.0 Å². The zero-order valence-electron chi connectivity index (χ0n) is 11.3. The largest absolute Gasteiger partial charge is 0.389 e. The number of aliphatic hydroxyl groups is 1. The molecule has 4 nitrogen and oxygen atoms in total. The lowest BCUT2D eigenvalue weighted by Gasteiger charge is -2.33. The molecule has 1 N–H and O–H groups in total. The van der Waals surface area contributed by atoms with Gasteiger partial charge in [0.25, 0.3) is 0 Å². The van der Waals surface area contributed by atoms with E-state index in [0.717, 1.165) is 12.1 Å². The Morgan fingerprint density at radius 3 is 2.65 bits per heavy atom. The van der Waals surface area contributed by atoms with Crippen molar-refractivity contribution in [1.82, 2.24) is 4.31 Å². The third-order valence-electron chi connectivity index (χ3n) is 3.50. The van der Waals surface area contributed by atoms with E-state index in [1.54, 1.807) is 13.8 Å². The number of halogens is 2. The molecule has 0 radical (unpaired) electrons. The SMILES string of the molecule is CC(C)(O)C1CCCN1S(=O)(=O)c1ccc(Cl)cc1F. The summed E-state index contributed by atoms with van der Waals surface area (Å²) in [4.78, 5) is -0.405. The van der Waals surface area contributed by atoms with Crippen molar-refractivity contribution in [3.63, 3.8) is 0 Å². The lowest BCUT2D eigenvalue weighted by molar-refractivity contribution is 0.0214. The molecule has 1 saturated heterocycles. The van der Waals surface area contributed by atoms with Crippen LogP contribution in [0, 0.1) is 5.82 Å². The number of sulfonamides is 1. The highest BCUT2D eigenvalue weighted by Gasteiger charge is 2.43. The van der Waals surface area contributed by atoms with Crippen LogP contribution in [0.1, 0.15) is 26.7 Å². The van der Waals surface area contributed by atoms with Crippen LogP contribution in [-0.4, -0.2) is 36.0 Å². The van der Waals surface area contributed by atoms with Crippen LogP contribution < -0.4 is 0 Å². The monoisotopic (exact) mass is 321 g/mol. The molecule has 1 aromatic rings. The van der Waals surface area contributed by atoms with Gasteiger partial charge in [0.15, 0.2) is 0 Å². The maximum absolute atomic E-state index is 13.9. The summed E-state index contributed by atoms with van der Waals surface area (Å²) in [5.74, 6) is -0.876. The van der Waals surface area contributed by atoms with Gasteiger partial charge in [0, 0.05) is 11.6 Å². The number of hydrogen-bond acceptors (Lipinski definition) is 3. The van der Waals surface area contributed by atoms with E-state index in [1.807, 2.05) is 0 Å². The quantitative estimate of drug-likeness (QED) is 0.930. The minimum Gasteiger partial charge on any atom is -0.389 e. The van der Waals surface area contributed by atoms with Gasteiger partial charge in [-0.3, -0.25) is 0 Å². The predicted molar refractivity (Wildman–Crippen MR) is 74.6 cm³/mol. The zero-order valence-corrected chi connectivity index (χ0v) is 12.9. The lowest BCUT2D eigenvalue weighted by atomic mass is 9.98. The van der Waals surface area contributed by atoms with Gasteiger partial charge in [-0.25, -0.2) is 12.8 Å². The molecule has 112 valence electrons. The van der Waals surface area contributed by atoms with E-state index in [-0.39, 0.29) is 11.6 Å². The van der Waals surface area contributed by atoms with Crippen LogP contribution in [0.3, 0.4) is 0 Å².